The van der Waals surface area contributed by atoms with E-state index < -0.39 is 6.04 Å². The maximum Gasteiger partial charge on any atom is 0.261 e. The van der Waals surface area contributed by atoms with Crippen molar-refractivity contribution in [3.05, 3.63) is 95.1 Å². The number of carbonyl (C=O) groups excluding carboxylic acids is 2. The summed E-state index contributed by atoms with van der Waals surface area (Å²) in [6.07, 6.45) is 0.389. The zero-order valence-electron chi connectivity index (χ0n) is 20.2. The zero-order valence-corrected chi connectivity index (χ0v) is 20.2. The number of amides is 2. The van der Waals surface area contributed by atoms with Gasteiger partial charge in [-0.15, -0.1) is 0 Å². The molecule has 3 aromatic carbocycles. The molecule has 3 rings (SSSR count). The lowest BCUT2D eigenvalue weighted by atomic mass is 10.0. The molecule has 6 nitrogen and oxygen atoms in total. The largest absolute Gasteiger partial charge is 0.497 e. The van der Waals surface area contributed by atoms with E-state index in [2.05, 4.69) is 5.32 Å². The third-order valence-electron chi connectivity index (χ3n) is 5.85. The standard InChI is InChI=1S/C28H32N2O4/c1-20-13-14-25(15-21(20)2)34-19-27(31)30(18-23-11-8-12-24(16-23)33-4)26(28(32)29-3)17-22-9-6-5-7-10-22/h5-16,26H,17-19H2,1-4H3,(H,29,32). The third kappa shape index (κ3) is 6.61. The summed E-state index contributed by atoms with van der Waals surface area (Å²) in [6, 6.07) is 22.2. The molecule has 0 heterocycles. The quantitative estimate of drug-likeness (QED) is 0.495. The fourth-order valence-electron chi connectivity index (χ4n) is 3.72. The Morgan fingerprint density at radius 1 is 0.882 bits per heavy atom. The van der Waals surface area contributed by atoms with Gasteiger partial charge in [0.25, 0.3) is 5.91 Å². The summed E-state index contributed by atoms with van der Waals surface area (Å²) in [5.41, 5.74) is 4.07. The van der Waals surface area contributed by atoms with Gasteiger partial charge in [-0.2, -0.15) is 0 Å². The second kappa shape index (κ2) is 11.9. The molecule has 0 fully saturated rings. The van der Waals surface area contributed by atoms with Crippen LogP contribution in [0, 0.1) is 13.8 Å². The third-order valence-corrected chi connectivity index (χ3v) is 5.85. The monoisotopic (exact) mass is 460 g/mol. The van der Waals surface area contributed by atoms with Crippen LogP contribution >= 0.6 is 0 Å². The Morgan fingerprint density at radius 3 is 2.29 bits per heavy atom. The van der Waals surface area contributed by atoms with E-state index in [9.17, 15) is 9.59 Å². The van der Waals surface area contributed by atoms with E-state index in [0.717, 1.165) is 22.3 Å². The van der Waals surface area contributed by atoms with E-state index >= 15 is 0 Å². The Kier molecular flexibility index (Phi) is 8.68. The van der Waals surface area contributed by atoms with E-state index in [4.69, 9.17) is 9.47 Å². The predicted molar refractivity (Wildman–Crippen MR) is 133 cm³/mol. The number of likely N-dealkylation sites (N-methyl/N-ethyl adjacent to an activating group) is 1. The molecule has 1 unspecified atom stereocenters. The number of nitrogens with zero attached hydrogens (tertiary/aromatic N) is 1. The van der Waals surface area contributed by atoms with Crippen molar-refractivity contribution in [2.24, 2.45) is 0 Å². The lowest BCUT2D eigenvalue weighted by Gasteiger charge is -2.31. The Bertz CT molecular complexity index is 1110. The van der Waals surface area contributed by atoms with Crippen LogP contribution in [0.2, 0.25) is 0 Å². The highest BCUT2D eigenvalue weighted by molar-refractivity contribution is 5.88. The summed E-state index contributed by atoms with van der Waals surface area (Å²) < 4.78 is 11.2. The Morgan fingerprint density at radius 2 is 1.62 bits per heavy atom. The first kappa shape index (κ1) is 24.8. The molecule has 1 N–H and O–H groups in total. The number of benzene rings is 3. The van der Waals surface area contributed by atoms with Crippen LogP contribution in [0.5, 0.6) is 11.5 Å². The molecule has 2 amide bonds. The van der Waals surface area contributed by atoms with Crippen molar-refractivity contribution in [2.75, 3.05) is 20.8 Å². The van der Waals surface area contributed by atoms with Gasteiger partial charge < -0.3 is 19.7 Å². The van der Waals surface area contributed by atoms with Gasteiger partial charge in [-0.25, -0.2) is 0 Å². The van der Waals surface area contributed by atoms with Crippen LogP contribution in [0.3, 0.4) is 0 Å². The minimum Gasteiger partial charge on any atom is -0.497 e. The lowest BCUT2D eigenvalue weighted by molar-refractivity contribution is -0.142. The molecule has 6 heteroatoms. The summed E-state index contributed by atoms with van der Waals surface area (Å²) in [6.45, 7) is 4.10. The first-order valence-corrected chi connectivity index (χ1v) is 11.3. The molecule has 0 radical (unpaired) electrons. The smallest absolute Gasteiger partial charge is 0.261 e. The minimum atomic E-state index is -0.700. The molecular formula is C28H32N2O4. The summed E-state index contributed by atoms with van der Waals surface area (Å²) in [7, 11) is 3.18. The van der Waals surface area contributed by atoms with Crippen LogP contribution in [-0.2, 0) is 22.6 Å². The van der Waals surface area contributed by atoms with Crippen molar-refractivity contribution in [1.29, 1.82) is 0 Å². The van der Waals surface area contributed by atoms with Crippen molar-refractivity contribution in [3.8, 4) is 11.5 Å². The molecule has 0 aliphatic heterocycles. The van der Waals surface area contributed by atoms with Crippen molar-refractivity contribution in [2.45, 2.75) is 32.9 Å². The summed E-state index contributed by atoms with van der Waals surface area (Å²) in [5.74, 6) is 0.810. The number of hydrogen-bond donors (Lipinski definition) is 1. The first-order valence-electron chi connectivity index (χ1n) is 11.3. The van der Waals surface area contributed by atoms with Crippen molar-refractivity contribution >= 4 is 11.8 Å². The molecule has 0 saturated carbocycles. The van der Waals surface area contributed by atoms with Crippen molar-refractivity contribution < 1.29 is 19.1 Å². The van der Waals surface area contributed by atoms with Gasteiger partial charge in [0, 0.05) is 20.0 Å². The van der Waals surface area contributed by atoms with Crippen LogP contribution in [0.25, 0.3) is 0 Å². The molecule has 3 aromatic rings. The number of ether oxygens (including phenoxy) is 2. The second-order valence-electron chi connectivity index (χ2n) is 8.23. The van der Waals surface area contributed by atoms with E-state index in [-0.39, 0.29) is 25.0 Å². The Hall–Kier alpha value is -3.80. The number of methoxy groups -OCH3 is 1. The van der Waals surface area contributed by atoms with Gasteiger partial charge in [-0.05, 0) is 60.4 Å². The minimum absolute atomic E-state index is 0.172. The summed E-state index contributed by atoms with van der Waals surface area (Å²) in [5, 5.41) is 2.72. The highest BCUT2D eigenvalue weighted by Crippen LogP contribution is 2.20. The number of hydrogen-bond acceptors (Lipinski definition) is 4. The van der Waals surface area contributed by atoms with Crippen LogP contribution < -0.4 is 14.8 Å². The van der Waals surface area contributed by atoms with Gasteiger partial charge in [0.1, 0.15) is 17.5 Å². The summed E-state index contributed by atoms with van der Waals surface area (Å²) >= 11 is 0. The van der Waals surface area contributed by atoms with Gasteiger partial charge in [0.2, 0.25) is 5.91 Å². The molecule has 0 aliphatic carbocycles. The van der Waals surface area contributed by atoms with E-state index in [0.29, 0.717) is 17.9 Å². The first-order chi connectivity index (χ1) is 16.4. The molecule has 0 spiro atoms. The average molecular weight is 461 g/mol. The molecule has 0 aliphatic rings. The zero-order chi connectivity index (χ0) is 24.5. The fraction of sp³-hybridized carbons (Fsp3) is 0.286. The highest BCUT2D eigenvalue weighted by Gasteiger charge is 2.30. The SMILES string of the molecule is CNC(=O)C(Cc1ccccc1)N(Cc1cccc(OC)c1)C(=O)COc1ccc(C)c(C)c1. The average Bonchev–Trinajstić information content (AvgIpc) is 2.86. The van der Waals surface area contributed by atoms with E-state index in [1.165, 1.54) is 0 Å². The topological polar surface area (TPSA) is 67.9 Å². The lowest BCUT2D eigenvalue weighted by Crippen LogP contribution is -2.51. The van der Waals surface area contributed by atoms with Gasteiger partial charge in [0.15, 0.2) is 6.61 Å². The van der Waals surface area contributed by atoms with E-state index in [1.54, 1.807) is 19.1 Å². The maximum atomic E-state index is 13.5. The molecular weight excluding hydrogens is 428 g/mol. The maximum absolute atomic E-state index is 13.5. The van der Waals surface area contributed by atoms with Crippen LogP contribution in [-0.4, -0.2) is 43.5 Å². The number of rotatable bonds is 10. The molecule has 1 atom stereocenters. The van der Waals surface area contributed by atoms with Crippen LogP contribution in [0.4, 0.5) is 0 Å². The fourth-order valence-corrected chi connectivity index (χ4v) is 3.72. The summed E-state index contributed by atoms with van der Waals surface area (Å²) in [4.78, 5) is 28.0. The van der Waals surface area contributed by atoms with Gasteiger partial charge in [-0.3, -0.25) is 9.59 Å². The molecule has 0 saturated heterocycles. The van der Waals surface area contributed by atoms with Gasteiger partial charge >= 0.3 is 0 Å². The molecule has 178 valence electrons. The predicted octanol–water partition coefficient (Wildman–Crippen LogP) is 4.08. The van der Waals surface area contributed by atoms with Gasteiger partial charge in [-0.1, -0.05) is 48.5 Å². The van der Waals surface area contributed by atoms with Crippen molar-refractivity contribution in [1.82, 2.24) is 10.2 Å². The molecule has 34 heavy (non-hydrogen) atoms. The number of nitrogens with one attached hydrogen (secondary N) is 1. The second-order valence-corrected chi connectivity index (χ2v) is 8.23. The Labute approximate surface area is 201 Å². The molecule has 0 aromatic heterocycles. The highest BCUT2D eigenvalue weighted by atomic mass is 16.5. The van der Waals surface area contributed by atoms with Crippen LogP contribution in [0.15, 0.2) is 72.8 Å². The van der Waals surface area contributed by atoms with E-state index in [1.807, 2.05) is 86.6 Å². The molecule has 0 bridgehead atoms. The number of aryl methyl sites for hydroxylation is 2. The van der Waals surface area contributed by atoms with Gasteiger partial charge in [0.05, 0.1) is 7.11 Å². The number of carbonyl (C=O) groups is 2. The Balaban J connectivity index is 1.88. The van der Waals surface area contributed by atoms with Crippen LogP contribution in [0.1, 0.15) is 22.3 Å². The normalized spacial score (nSPS) is 11.4. The van der Waals surface area contributed by atoms with Crippen molar-refractivity contribution in [3.63, 3.8) is 0 Å².